The van der Waals surface area contributed by atoms with Gasteiger partial charge in [-0.2, -0.15) is 0 Å². The molecule has 0 amide bonds. The topological polar surface area (TPSA) is 98.7 Å². The Labute approximate surface area is 179 Å². The first-order valence-electron chi connectivity index (χ1n) is 8.94. The molecule has 2 rings (SSSR count). The Morgan fingerprint density at radius 3 is 2.67 bits per heavy atom. The van der Waals surface area contributed by atoms with E-state index in [0.717, 1.165) is 13.1 Å². The molecule has 0 radical (unpaired) electrons. The first-order chi connectivity index (χ1) is 12.3. The van der Waals surface area contributed by atoms with Crippen LogP contribution < -0.4 is 15.4 Å². The molecule has 0 aliphatic carbocycles. The van der Waals surface area contributed by atoms with Crippen LogP contribution in [0.3, 0.4) is 0 Å². The van der Waals surface area contributed by atoms with Crippen LogP contribution in [-0.2, 0) is 10.0 Å². The number of nitrogens with zero attached hydrogens (tertiary/aromatic N) is 3. The molecule has 0 saturated carbocycles. The van der Waals surface area contributed by atoms with Crippen LogP contribution in [0.25, 0.3) is 0 Å². The maximum absolute atomic E-state index is 12.1. The van der Waals surface area contributed by atoms with Crippen LogP contribution in [0.1, 0.15) is 20.8 Å². The summed E-state index contributed by atoms with van der Waals surface area (Å²) in [6, 6.07) is 3.98. The quantitative estimate of drug-likeness (QED) is 0.218. The number of aromatic nitrogens is 1. The van der Waals surface area contributed by atoms with Gasteiger partial charge in [0.05, 0.1) is 0 Å². The average molecular weight is 510 g/mol. The van der Waals surface area contributed by atoms with Gasteiger partial charge in [-0.25, -0.2) is 13.1 Å². The van der Waals surface area contributed by atoms with E-state index in [2.05, 4.69) is 51.0 Å². The van der Waals surface area contributed by atoms with Gasteiger partial charge in [0, 0.05) is 57.7 Å². The lowest BCUT2D eigenvalue weighted by molar-refractivity contribution is 0.265. The summed E-state index contributed by atoms with van der Waals surface area (Å²) in [4.78, 5) is 10.7. The van der Waals surface area contributed by atoms with Gasteiger partial charge in [0.25, 0.3) is 0 Å². The maximum atomic E-state index is 12.1. The molecule has 2 atom stereocenters. The van der Waals surface area contributed by atoms with E-state index in [1.54, 1.807) is 19.3 Å². The molecule has 0 bridgehead atoms. The second kappa shape index (κ2) is 11.1. The zero-order valence-corrected chi connectivity index (χ0v) is 19.5. The normalized spacial score (nSPS) is 21.1. The summed E-state index contributed by atoms with van der Waals surface area (Å²) in [5.74, 6) is 1.22. The van der Waals surface area contributed by atoms with Crippen LogP contribution in [0.15, 0.2) is 34.4 Å². The highest BCUT2D eigenvalue weighted by atomic mass is 127. The molecule has 8 nitrogen and oxygen atoms in total. The lowest BCUT2D eigenvalue weighted by Crippen LogP contribution is -2.48. The fraction of sp³-hybridized carbons (Fsp3) is 0.647. The number of halogens is 1. The van der Waals surface area contributed by atoms with Gasteiger partial charge >= 0.3 is 0 Å². The van der Waals surface area contributed by atoms with E-state index in [4.69, 9.17) is 0 Å². The highest BCUT2D eigenvalue weighted by Gasteiger charge is 2.31. The number of hydrogen-bond acceptors (Lipinski definition) is 5. The molecule has 154 valence electrons. The maximum Gasteiger partial charge on any atom is 0.242 e. The molecule has 2 unspecified atom stereocenters. The van der Waals surface area contributed by atoms with Crippen LogP contribution >= 0.6 is 24.0 Å². The van der Waals surface area contributed by atoms with Gasteiger partial charge in [0.2, 0.25) is 10.0 Å². The van der Waals surface area contributed by atoms with Gasteiger partial charge in [-0.15, -0.1) is 24.0 Å². The number of likely N-dealkylation sites (tertiary alicyclic amines) is 1. The molecule has 1 aromatic rings. The Morgan fingerprint density at radius 2 is 2.11 bits per heavy atom. The predicted molar refractivity (Wildman–Crippen MR) is 119 cm³/mol. The van der Waals surface area contributed by atoms with E-state index >= 15 is 0 Å². The molecule has 1 aliphatic heterocycles. The third kappa shape index (κ3) is 7.16. The number of aliphatic imine (C=N–C) groups is 1. The van der Waals surface area contributed by atoms with E-state index < -0.39 is 10.0 Å². The van der Waals surface area contributed by atoms with Gasteiger partial charge in [0.15, 0.2) is 5.96 Å². The fourth-order valence-electron chi connectivity index (χ4n) is 2.94. The zero-order chi connectivity index (χ0) is 19.2. The van der Waals surface area contributed by atoms with E-state index in [-0.39, 0.29) is 35.4 Å². The summed E-state index contributed by atoms with van der Waals surface area (Å²) >= 11 is 0. The molecule has 10 heteroatoms. The van der Waals surface area contributed by atoms with E-state index in [1.165, 1.54) is 12.3 Å². The fourth-order valence-corrected chi connectivity index (χ4v) is 3.93. The summed E-state index contributed by atoms with van der Waals surface area (Å²) in [7, 11) is -1.82. The molecule has 3 N–H and O–H groups in total. The highest BCUT2D eigenvalue weighted by Crippen LogP contribution is 2.18. The van der Waals surface area contributed by atoms with E-state index in [1.807, 2.05) is 0 Å². The summed E-state index contributed by atoms with van der Waals surface area (Å²) in [5.41, 5.74) is 0. The Morgan fingerprint density at radius 1 is 1.37 bits per heavy atom. The molecule has 1 fully saturated rings. The standard InChI is InChI=1S/C17H30N6O2S.HI/c1-13(2)23-11-14(3)16(12-23)22-17(18-4)20-8-9-21-26(24,25)15-6-5-7-19-10-15;/h5-7,10,13-14,16,21H,8-9,11-12H2,1-4H3,(H2,18,20,22);1H. The van der Waals surface area contributed by atoms with Crippen molar-refractivity contribution in [1.82, 2.24) is 25.2 Å². The van der Waals surface area contributed by atoms with Gasteiger partial charge in [-0.1, -0.05) is 6.92 Å². The summed E-state index contributed by atoms with van der Waals surface area (Å²) < 4.78 is 26.8. The molecule has 1 aromatic heterocycles. The molecular weight excluding hydrogens is 479 g/mol. The Hall–Kier alpha value is -0.980. The van der Waals surface area contributed by atoms with Crippen LogP contribution in [0, 0.1) is 5.92 Å². The minimum atomic E-state index is -3.53. The van der Waals surface area contributed by atoms with Crippen molar-refractivity contribution in [3.8, 4) is 0 Å². The Balaban J connectivity index is 0.00000364. The summed E-state index contributed by atoms with van der Waals surface area (Å²) in [6.45, 7) is 9.39. The minimum Gasteiger partial charge on any atom is -0.355 e. The predicted octanol–water partition coefficient (Wildman–Crippen LogP) is 0.872. The molecule has 2 heterocycles. The second-order valence-electron chi connectivity index (χ2n) is 6.86. The van der Waals surface area contributed by atoms with Crippen LogP contribution in [0.5, 0.6) is 0 Å². The van der Waals surface area contributed by atoms with Crippen molar-refractivity contribution in [2.24, 2.45) is 10.9 Å². The monoisotopic (exact) mass is 510 g/mol. The number of sulfonamides is 1. The average Bonchev–Trinajstić information content (AvgIpc) is 2.99. The minimum absolute atomic E-state index is 0. The first kappa shape index (κ1) is 24.1. The number of hydrogen-bond donors (Lipinski definition) is 3. The van der Waals surface area contributed by atoms with Crippen molar-refractivity contribution in [2.75, 3.05) is 33.2 Å². The van der Waals surface area contributed by atoms with E-state index in [0.29, 0.717) is 30.5 Å². The van der Waals surface area contributed by atoms with E-state index in [9.17, 15) is 8.42 Å². The summed E-state index contributed by atoms with van der Waals surface area (Å²) in [6.07, 6.45) is 2.87. The SMILES string of the molecule is CN=C(NCCNS(=O)(=O)c1cccnc1)NC1CN(C(C)C)CC1C.I. The first-order valence-corrected chi connectivity index (χ1v) is 10.4. The molecule has 1 saturated heterocycles. The smallest absolute Gasteiger partial charge is 0.242 e. The molecule has 0 spiro atoms. The van der Waals surface area contributed by atoms with Gasteiger partial charge in [-0.05, 0) is 31.9 Å². The molecule has 27 heavy (non-hydrogen) atoms. The Bertz CT molecular complexity index is 699. The largest absolute Gasteiger partial charge is 0.355 e. The van der Waals surface area contributed by atoms with Crippen molar-refractivity contribution in [3.63, 3.8) is 0 Å². The molecule has 1 aliphatic rings. The van der Waals surface area contributed by atoms with Crippen LogP contribution in [0.4, 0.5) is 0 Å². The van der Waals surface area contributed by atoms with Crippen LogP contribution in [0.2, 0.25) is 0 Å². The number of pyridine rings is 1. The zero-order valence-electron chi connectivity index (χ0n) is 16.3. The Kier molecular flexibility index (Phi) is 9.91. The van der Waals surface area contributed by atoms with Crippen molar-refractivity contribution in [1.29, 1.82) is 0 Å². The van der Waals surface area contributed by atoms with Crippen molar-refractivity contribution in [3.05, 3.63) is 24.5 Å². The van der Waals surface area contributed by atoms with Crippen molar-refractivity contribution >= 4 is 40.0 Å². The highest BCUT2D eigenvalue weighted by molar-refractivity contribution is 14.0. The third-order valence-corrected chi connectivity index (χ3v) is 6.02. The van der Waals surface area contributed by atoms with Crippen molar-refractivity contribution in [2.45, 2.75) is 37.8 Å². The number of rotatable bonds is 7. The molecular formula is C17H31IN6O2S. The van der Waals surface area contributed by atoms with Gasteiger partial charge in [0.1, 0.15) is 4.90 Å². The molecule has 0 aromatic carbocycles. The third-order valence-electron chi connectivity index (χ3n) is 4.57. The lowest BCUT2D eigenvalue weighted by atomic mass is 10.1. The van der Waals surface area contributed by atoms with Crippen LogP contribution in [-0.4, -0.2) is 69.6 Å². The van der Waals surface area contributed by atoms with Crippen molar-refractivity contribution < 1.29 is 8.42 Å². The van der Waals surface area contributed by atoms with Gasteiger partial charge < -0.3 is 10.6 Å². The number of guanidine groups is 1. The second-order valence-corrected chi connectivity index (χ2v) is 8.63. The lowest BCUT2D eigenvalue weighted by Gasteiger charge is -2.22. The number of nitrogens with one attached hydrogen (secondary N) is 3. The van der Waals surface area contributed by atoms with Gasteiger partial charge in [-0.3, -0.25) is 14.9 Å². The summed E-state index contributed by atoms with van der Waals surface area (Å²) in [5, 5.41) is 6.60.